The normalized spacial score (nSPS) is 11.7. The molecule has 8 nitrogen and oxygen atoms in total. The zero-order valence-corrected chi connectivity index (χ0v) is 11.5. The van der Waals surface area contributed by atoms with E-state index in [1.54, 1.807) is 31.2 Å². The maximum Gasteiger partial charge on any atom is 0.252 e. The smallest absolute Gasteiger partial charge is 0.252 e. The van der Waals surface area contributed by atoms with Crippen molar-refractivity contribution < 1.29 is 18.7 Å². The van der Waals surface area contributed by atoms with Crippen molar-refractivity contribution in [1.82, 2.24) is 15.5 Å². The lowest BCUT2D eigenvalue weighted by Crippen LogP contribution is -2.37. The van der Waals surface area contributed by atoms with Crippen LogP contribution in [0.15, 0.2) is 28.7 Å². The second kappa shape index (κ2) is 6.04. The zero-order chi connectivity index (χ0) is 15.4. The van der Waals surface area contributed by atoms with E-state index >= 15 is 0 Å². The number of nitrogens with two attached hydrogens (primary N) is 1. The number of methoxy groups -OCH3 is 1. The summed E-state index contributed by atoms with van der Waals surface area (Å²) >= 11 is 0. The van der Waals surface area contributed by atoms with Crippen molar-refractivity contribution in [2.45, 2.75) is 13.0 Å². The van der Waals surface area contributed by atoms with Gasteiger partial charge in [-0.15, -0.1) is 10.2 Å². The molecule has 0 saturated carbocycles. The Bertz CT molecular complexity index is 650. The third-order valence-electron chi connectivity index (χ3n) is 2.70. The minimum atomic E-state index is -1.18. The molecule has 0 spiro atoms. The molecule has 0 aliphatic carbocycles. The number of rotatable bonds is 5. The molecule has 110 valence electrons. The molecular weight excluding hydrogens is 276 g/mol. The van der Waals surface area contributed by atoms with Crippen LogP contribution in [0, 0.1) is 6.92 Å². The van der Waals surface area contributed by atoms with Crippen molar-refractivity contribution in [3.05, 3.63) is 41.6 Å². The molecule has 2 aromatic rings. The topological polar surface area (TPSA) is 120 Å². The van der Waals surface area contributed by atoms with Crippen LogP contribution in [-0.4, -0.2) is 29.1 Å². The summed E-state index contributed by atoms with van der Waals surface area (Å²) in [6, 6.07) is 5.20. The summed E-state index contributed by atoms with van der Waals surface area (Å²) in [5, 5.41) is 9.74. The van der Waals surface area contributed by atoms with Crippen molar-refractivity contribution in [3.8, 4) is 5.75 Å². The quantitative estimate of drug-likeness (QED) is 0.819. The Morgan fingerprint density at radius 2 is 1.95 bits per heavy atom. The molecule has 0 radical (unpaired) electrons. The molecule has 21 heavy (non-hydrogen) atoms. The zero-order valence-electron chi connectivity index (χ0n) is 11.5. The van der Waals surface area contributed by atoms with Gasteiger partial charge in [0.05, 0.1) is 7.11 Å². The number of amides is 2. The highest BCUT2D eigenvalue weighted by Crippen LogP contribution is 2.14. The summed E-state index contributed by atoms with van der Waals surface area (Å²) in [7, 11) is 1.52. The molecule has 1 aromatic carbocycles. The highest BCUT2D eigenvalue weighted by molar-refractivity contribution is 5.97. The van der Waals surface area contributed by atoms with Gasteiger partial charge >= 0.3 is 0 Å². The van der Waals surface area contributed by atoms with Gasteiger partial charge in [-0.25, -0.2) is 0 Å². The molecule has 0 bridgehead atoms. The monoisotopic (exact) mass is 290 g/mol. The molecule has 0 aliphatic heterocycles. The first kappa shape index (κ1) is 14.5. The number of carbonyl (C=O) groups excluding carboxylic acids is 2. The van der Waals surface area contributed by atoms with Gasteiger partial charge in [0, 0.05) is 12.5 Å². The number of benzene rings is 1. The van der Waals surface area contributed by atoms with E-state index < -0.39 is 17.9 Å². The Morgan fingerprint density at radius 1 is 1.29 bits per heavy atom. The summed E-state index contributed by atoms with van der Waals surface area (Å²) in [4.78, 5) is 23.5. The van der Waals surface area contributed by atoms with Crippen molar-refractivity contribution in [3.63, 3.8) is 0 Å². The second-order valence-electron chi connectivity index (χ2n) is 4.20. The molecule has 8 heteroatoms. The summed E-state index contributed by atoms with van der Waals surface area (Å²) in [5.74, 6) is -0.444. The number of aromatic nitrogens is 2. The molecule has 0 aliphatic rings. The predicted molar refractivity (Wildman–Crippen MR) is 71.4 cm³/mol. The van der Waals surface area contributed by atoms with Crippen LogP contribution in [0.3, 0.4) is 0 Å². The Morgan fingerprint density at radius 3 is 2.43 bits per heavy atom. The molecule has 2 amide bonds. The summed E-state index contributed by atoms with van der Waals surface area (Å²) in [5.41, 5.74) is 5.59. The Kier molecular flexibility index (Phi) is 4.17. The van der Waals surface area contributed by atoms with E-state index in [0.29, 0.717) is 11.3 Å². The molecule has 1 atom stereocenters. The minimum Gasteiger partial charge on any atom is -0.497 e. The third kappa shape index (κ3) is 3.35. The number of nitrogens with zero attached hydrogens (tertiary/aromatic N) is 2. The van der Waals surface area contributed by atoms with Gasteiger partial charge in [-0.1, -0.05) is 0 Å². The molecule has 3 N–H and O–H groups in total. The summed E-state index contributed by atoms with van der Waals surface area (Å²) in [6.07, 6.45) is 0. The lowest BCUT2D eigenvalue weighted by molar-refractivity contribution is -0.120. The molecule has 0 fully saturated rings. The van der Waals surface area contributed by atoms with E-state index in [1.807, 2.05) is 0 Å². The Balaban J connectivity index is 2.16. The number of hydrogen-bond donors (Lipinski definition) is 2. The number of aryl methyl sites for hydroxylation is 1. The lowest BCUT2D eigenvalue weighted by Gasteiger charge is -2.11. The molecule has 0 unspecified atom stereocenters. The molecular formula is C13H14N4O4. The van der Waals surface area contributed by atoms with Crippen LogP contribution in [0.5, 0.6) is 5.75 Å². The van der Waals surface area contributed by atoms with E-state index in [-0.39, 0.29) is 11.8 Å². The van der Waals surface area contributed by atoms with Crippen LogP contribution in [0.25, 0.3) is 0 Å². The highest BCUT2D eigenvalue weighted by Gasteiger charge is 2.26. The van der Waals surface area contributed by atoms with E-state index in [1.165, 1.54) is 7.11 Å². The lowest BCUT2D eigenvalue weighted by atomic mass is 10.2. The van der Waals surface area contributed by atoms with Crippen LogP contribution in [0.2, 0.25) is 0 Å². The molecule has 0 saturated heterocycles. The van der Waals surface area contributed by atoms with Gasteiger partial charge < -0.3 is 20.2 Å². The standard InChI is InChI=1S/C13H14N4O4/c1-7-16-17-13(21-7)10(11(14)18)15-12(19)8-3-5-9(20-2)6-4-8/h3-6,10H,1-2H3,(H2,14,18)(H,15,19)/t10-/m0/s1. The fraction of sp³-hybridized carbons (Fsp3) is 0.231. The van der Waals surface area contributed by atoms with E-state index in [4.69, 9.17) is 14.9 Å². The van der Waals surface area contributed by atoms with Crippen LogP contribution in [0.4, 0.5) is 0 Å². The number of primary amides is 1. The van der Waals surface area contributed by atoms with E-state index in [0.717, 1.165) is 0 Å². The van der Waals surface area contributed by atoms with Gasteiger partial charge in [0.15, 0.2) is 6.04 Å². The van der Waals surface area contributed by atoms with Gasteiger partial charge in [0.25, 0.3) is 5.91 Å². The third-order valence-corrected chi connectivity index (χ3v) is 2.70. The molecule has 1 aromatic heterocycles. The van der Waals surface area contributed by atoms with Gasteiger partial charge in [0.2, 0.25) is 17.7 Å². The first-order valence-corrected chi connectivity index (χ1v) is 6.05. The maximum atomic E-state index is 12.1. The van der Waals surface area contributed by atoms with Gasteiger partial charge in [-0.05, 0) is 24.3 Å². The number of hydrogen-bond acceptors (Lipinski definition) is 6. The fourth-order valence-electron chi connectivity index (χ4n) is 1.64. The van der Waals surface area contributed by atoms with Gasteiger partial charge in [0.1, 0.15) is 5.75 Å². The predicted octanol–water partition coefficient (Wildman–Crippen LogP) is 0.343. The Labute approximate surface area is 120 Å². The second-order valence-corrected chi connectivity index (χ2v) is 4.20. The largest absolute Gasteiger partial charge is 0.497 e. The van der Waals surface area contributed by atoms with Gasteiger partial charge in [-0.3, -0.25) is 9.59 Å². The van der Waals surface area contributed by atoms with E-state index in [9.17, 15) is 9.59 Å². The summed E-state index contributed by atoms with van der Waals surface area (Å²) < 4.78 is 10.1. The van der Waals surface area contributed by atoms with Crippen LogP contribution < -0.4 is 15.8 Å². The average Bonchev–Trinajstić information content (AvgIpc) is 2.90. The minimum absolute atomic E-state index is 0.0538. The number of ether oxygens (including phenoxy) is 1. The van der Waals surface area contributed by atoms with E-state index in [2.05, 4.69) is 15.5 Å². The van der Waals surface area contributed by atoms with Crippen molar-refractivity contribution >= 4 is 11.8 Å². The first-order chi connectivity index (χ1) is 10.0. The number of nitrogens with one attached hydrogen (secondary N) is 1. The average molecular weight is 290 g/mol. The van der Waals surface area contributed by atoms with Crippen LogP contribution in [0.1, 0.15) is 28.2 Å². The maximum absolute atomic E-state index is 12.1. The first-order valence-electron chi connectivity index (χ1n) is 6.05. The van der Waals surface area contributed by atoms with Crippen molar-refractivity contribution in [2.24, 2.45) is 5.73 Å². The fourth-order valence-corrected chi connectivity index (χ4v) is 1.64. The van der Waals surface area contributed by atoms with Gasteiger partial charge in [-0.2, -0.15) is 0 Å². The van der Waals surface area contributed by atoms with Crippen LogP contribution >= 0.6 is 0 Å². The SMILES string of the molecule is COc1ccc(C(=O)N[C@@H](C(N)=O)c2nnc(C)o2)cc1. The molecule has 1 heterocycles. The summed E-state index contributed by atoms with van der Waals surface area (Å²) in [6.45, 7) is 1.57. The van der Waals surface area contributed by atoms with Crippen LogP contribution in [-0.2, 0) is 4.79 Å². The molecule has 2 rings (SSSR count). The van der Waals surface area contributed by atoms with Crippen molar-refractivity contribution in [2.75, 3.05) is 7.11 Å². The highest BCUT2D eigenvalue weighted by atomic mass is 16.5. The Hall–Kier alpha value is -2.90. The number of carbonyl (C=O) groups is 2. The van der Waals surface area contributed by atoms with Crippen molar-refractivity contribution in [1.29, 1.82) is 0 Å².